The van der Waals surface area contributed by atoms with Crippen LogP contribution >= 0.6 is 0 Å². The molecule has 0 fully saturated rings. The highest BCUT2D eigenvalue weighted by Gasteiger charge is 2.17. The molecule has 41 heavy (non-hydrogen) atoms. The molecule has 2 N–H and O–H groups in total. The van der Waals surface area contributed by atoms with Crippen molar-refractivity contribution in [1.82, 2.24) is 0 Å². The number of carboxylic acids is 1. The third-order valence-corrected chi connectivity index (χ3v) is 5.39. The number of carbonyl (C=O) groups excluding carboxylic acids is 3. The zero-order valence-electron chi connectivity index (χ0n) is 23.9. The maximum Gasteiger partial charge on any atom is 0.310 e. The van der Waals surface area contributed by atoms with Crippen molar-refractivity contribution < 1.29 is 48.4 Å². The summed E-state index contributed by atoms with van der Waals surface area (Å²) in [6.07, 6.45) is 14.4. The number of methoxy groups -OCH3 is 1. The smallest absolute Gasteiger partial charge is 0.310 e. The number of aldehydes is 2. The van der Waals surface area contributed by atoms with Gasteiger partial charge in [-0.1, -0.05) is 38.0 Å². The summed E-state index contributed by atoms with van der Waals surface area (Å²) in [5.74, 6) is 0.161. The van der Waals surface area contributed by atoms with Crippen molar-refractivity contribution >= 4 is 36.7 Å². The van der Waals surface area contributed by atoms with Gasteiger partial charge in [0.25, 0.3) is 6.47 Å². The molecule has 1 aromatic carbocycles. The summed E-state index contributed by atoms with van der Waals surface area (Å²) < 4.78 is 16.7. The molecule has 2 rings (SSSR count). The number of esters is 1. The van der Waals surface area contributed by atoms with Crippen molar-refractivity contribution in [3.63, 3.8) is 0 Å². The molecule has 0 unspecified atom stereocenters. The van der Waals surface area contributed by atoms with Crippen molar-refractivity contribution in [2.24, 2.45) is 0 Å². The first-order valence-corrected chi connectivity index (χ1v) is 13.3. The maximum atomic E-state index is 12.2. The zero-order valence-corrected chi connectivity index (χ0v) is 23.9. The summed E-state index contributed by atoms with van der Waals surface area (Å²) in [5, 5.41) is 15.6. The number of carboxylic acid groups (broad SMARTS) is 2. The van der Waals surface area contributed by atoms with E-state index in [0.29, 0.717) is 47.7 Å². The van der Waals surface area contributed by atoms with Crippen LogP contribution in [0.25, 0.3) is 5.76 Å². The average molecular weight is 573 g/mol. The van der Waals surface area contributed by atoms with Gasteiger partial charge in [0.2, 0.25) is 0 Å². The topological polar surface area (TPSA) is 154 Å². The molecule has 224 valence electrons. The SMILES string of the molecule is CCCCCC=O.COc1ccc(/C(OC2=C(C=O)CC=CC=C2)=C(/C)OC(=O)CCCCC(=O)O)cc1.O=CO. The van der Waals surface area contributed by atoms with Gasteiger partial charge in [0.05, 0.1) is 7.11 Å². The van der Waals surface area contributed by atoms with Crippen LogP contribution in [0.4, 0.5) is 0 Å². The van der Waals surface area contributed by atoms with Crippen LogP contribution in [0.15, 0.2) is 65.7 Å². The van der Waals surface area contributed by atoms with Crippen LogP contribution in [0.3, 0.4) is 0 Å². The summed E-state index contributed by atoms with van der Waals surface area (Å²) in [5.41, 5.74) is 1.10. The minimum atomic E-state index is -0.898. The fraction of sp³-hybridized carbons (Fsp3) is 0.387. The van der Waals surface area contributed by atoms with E-state index in [0.717, 1.165) is 25.4 Å². The van der Waals surface area contributed by atoms with Crippen LogP contribution in [0.5, 0.6) is 5.75 Å². The number of hydrogen-bond donors (Lipinski definition) is 2. The Bertz CT molecular complexity index is 1080. The highest BCUT2D eigenvalue weighted by molar-refractivity contribution is 5.77. The maximum absolute atomic E-state index is 12.2. The van der Waals surface area contributed by atoms with Crippen molar-refractivity contribution in [3.05, 3.63) is 71.2 Å². The number of ether oxygens (including phenoxy) is 3. The Morgan fingerprint density at radius 2 is 1.63 bits per heavy atom. The van der Waals surface area contributed by atoms with Gasteiger partial charge in [-0.25, -0.2) is 0 Å². The highest BCUT2D eigenvalue weighted by atomic mass is 16.6. The molecule has 0 amide bonds. The molecule has 1 aliphatic carbocycles. The Balaban J connectivity index is 0.00000137. The van der Waals surface area contributed by atoms with Crippen LogP contribution in [0.1, 0.15) is 77.2 Å². The number of rotatable bonds is 15. The van der Waals surface area contributed by atoms with Crippen molar-refractivity contribution in [2.75, 3.05) is 7.11 Å². The number of aliphatic carboxylic acids is 1. The lowest BCUT2D eigenvalue weighted by Crippen LogP contribution is -2.07. The summed E-state index contributed by atoms with van der Waals surface area (Å²) >= 11 is 0. The van der Waals surface area contributed by atoms with Gasteiger partial charge in [0.15, 0.2) is 5.76 Å². The second-order valence-electron chi connectivity index (χ2n) is 8.56. The van der Waals surface area contributed by atoms with E-state index in [-0.39, 0.29) is 25.1 Å². The lowest BCUT2D eigenvalue weighted by Gasteiger charge is -2.16. The Labute approximate surface area is 241 Å². The minimum absolute atomic E-state index is 0.00527. The molecule has 0 bridgehead atoms. The van der Waals surface area contributed by atoms with E-state index in [1.807, 2.05) is 12.2 Å². The summed E-state index contributed by atoms with van der Waals surface area (Å²) in [7, 11) is 1.56. The second kappa shape index (κ2) is 23.4. The largest absolute Gasteiger partial charge is 0.497 e. The normalized spacial score (nSPS) is 12.3. The summed E-state index contributed by atoms with van der Waals surface area (Å²) in [6, 6.07) is 7.02. The van der Waals surface area contributed by atoms with Gasteiger partial charge in [-0.15, -0.1) is 0 Å². The first-order valence-electron chi connectivity index (χ1n) is 13.3. The average Bonchev–Trinajstić information content (AvgIpc) is 3.20. The van der Waals surface area contributed by atoms with Gasteiger partial charge in [-0.05, 0) is 62.9 Å². The van der Waals surface area contributed by atoms with E-state index in [2.05, 4.69) is 6.92 Å². The number of unbranched alkanes of at least 4 members (excludes halogenated alkanes) is 4. The van der Waals surface area contributed by atoms with Gasteiger partial charge < -0.3 is 29.2 Å². The molecule has 0 saturated heterocycles. The Morgan fingerprint density at radius 1 is 0.976 bits per heavy atom. The molecule has 0 spiro atoms. The van der Waals surface area contributed by atoms with Crippen LogP contribution in [-0.2, 0) is 33.4 Å². The molecule has 1 aromatic rings. The van der Waals surface area contributed by atoms with Crippen molar-refractivity contribution in [2.45, 2.75) is 71.6 Å². The third kappa shape index (κ3) is 17.0. The Hall–Kier alpha value is -4.47. The van der Waals surface area contributed by atoms with Gasteiger partial charge in [0, 0.05) is 30.4 Å². The molecule has 10 nitrogen and oxygen atoms in total. The molecule has 1 aliphatic rings. The molecular weight excluding hydrogens is 532 g/mol. The molecule has 0 saturated carbocycles. The summed E-state index contributed by atoms with van der Waals surface area (Å²) in [6.45, 7) is 3.49. The van der Waals surface area contributed by atoms with Gasteiger partial charge in [-0.2, -0.15) is 0 Å². The van der Waals surface area contributed by atoms with E-state index < -0.39 is 11.9 Å². The molecule has 0 heterocycles. The van der Waals surface area contributed by atoms with Gasteiger partial charge in [0.1, 0.15) is 29.8 Å². The minimum Gasteiger partial charge on any atom is -0.497 e. The lowest BCUT2D eigenvalue weighted by atomic mass is 10.1. The lowest BCUT2D eigenvalue weighted by molar-refractivity contribution is -0.140. The molecule has 0 radical (unpaired) electrons. The predicted octanol–water partition coefficient (Wildman–Crippen LogP) is 6.02. The standard InChI is InChI=1S/C24H26O7.C6H12O.CH2O2/c1-17(30-23(28)11-7-6-10-22(26)27)24(18-12-14-20(29-2)15-13-18)31-21-9-5-3-4-8-19(21)16-25;1-2-3-4-5-6-7;2-1-3/h3-5,9,12-16H,6-8,10-11H2,1-2H3,(H,26,27);6H,2-5H2,1H3;1H,(H,2,3)/b24-17+;;. The van der Waals surface area contributed by atoms with Crippen molar-refractivity contribution in [1.29, 1.82) is 0 Å². The van der Waals surface area contributed by atoms with E-state index in [4.69, 9.17) is 29.2 Å². The molecule has 10 heteroatoms. The quantitative estimate of drug-likeness (QED) is 0.110. The first kappa shape index (κ1) is 36.5. The van der Waals surface area contributed by atoms with E-state index in [1.165, 1.54) is 12.8 Å². The molecular formula is C31H40O10. The van der Waals surface area contributed by atoms with Crippen LogP contribution in [-0.4, -0.2) is 48.3 Å². The van der Waals surface area contributed by atoms with E-state index in [1.54, 1.807) is 50.5 Å². The van der Waals surface area contributed by atoms with E-state index in [9.17, 15) is 19.2 Å². The van der Waals surface area contributed by atoms with Crippen LogP contribution < -0.4 is 4.74 Å². The predicted molar refractivity (Wildman–Crippen MR) is 154 cm³/mol. The highest BCUT2D eigenvalue weighted by Crippen LogP contribution is 2.28. The fourth-order valence-electron chi connectivity index (χ4n) is 3.31. The van der Waals surface area contributed by atoms with Crippen LogP contribution in [0, 0.1) is 0 Å². The number of hydrogen-bond acceptors (Lipinski definition) is 8. The number of carbonyl (C=O) groups is 5. The number of benzene rings is 1. The fourth-order valence-corrected chi connectivity index (χ4v) is 3.31. The van der Waals surface area contributed by atoms with Crippen LogP contribution in [0.2, 0.25) is 0 Å². The van der Waals surface area contributed by atoms with Gasteiger partial charge >= 0.3 is 11.9 Å². The first-order chi connectivity index (χ1) is 19.8. The zero-order chi connectivity index (χ0) is 30.9. The van der Waals surface area contributed by atoms with Gasteiger partial charge in [-0.3, -0.25) is 19.2 Å². The Morgan fingerprint density at radius 3 is 2.20 bits per heavy atom. The molecule has 0 atom stereocenters. The second-order valence-corrected chi connectivity index (χ2v) is 8.56. The monoisotopic (exact) mass is 572 g/mol. The van der Waals surface area contributed by atoms with E-state index >= 15 is 0 Å². The molecule has 0 aliphatic heterocycles. The third-order valence-electron chi connectivity index (χ3n) is 5.39. The van der Waals surface area contributed by atoms with Crippen molar-refractivity contribution in [3.8, 4) is 5.75 Å². The Kier molecular flexibility index (Phi) is 20.9. The molecule has 0 aromatic heterocycles. The summed E-state index contributed by atoms with van der Waals surface area (Å²) in [4.78, 5) is 52.4. The number of allylic oxidation sites excluding steroid dienone is 6.